The average Bonchev–Trinajstić information content (AvgIpc) is 3.48. The first-order valence-electron chi connectivity index (χ1n) is 11.3. The van der Waals surface area contributed by atoms with Crippen LogP contribution >= 0.6 is 23.2 Å². The lowest BCUT2D eigenvalue weighted by Gasteiger charge is -2.32. The number of hydrogen-bond donors (Lipinski definition) is 0. The number of fused-ring (bicyclic) bond motifs is 1. The quantitative estimate of drug-likeness (QED) is 0.352. The molecule has 1 amide bonds. The maximum absolute atomic E-state index is 13.3. The average molecular weight is 491 g/mol. The standard InChI is InChI=1S/C28H24Cl2N2O2/c1-18-15-21(17-19-4-8-22(29)9-5-19)27-25(16-18)28(20-6-10-23(30)11-7-20)32(31-27)26(33)13-12-24-3-2-14-34-24/h2-14,17-18,25,28H,15-16H2,1H3/b13-12+,21-17+/t18-,25-,28-/m1/s1. The van der Waals surface area contributed by atoms with E-state index in [0.717, 1.165) is 35.3 Å². The third kappa shape index (κ3) is 4.75. The maximum atomic E-state index is 13.3. The first-order chi connectivity index (χ1) is 16.5. The lowest BCUT2D eigenvalue weighted by atomic mass is 9.73. The number of amides is 1. The van der Waals surface area contributed by atoms with E-state index in [1.165, 1.54) is 6.08 Å². The number of benzene rings is 2. The third-order valence-electron chi connectivity index (χ3n) is 6.35. The van der Waals surface area contributed by atoms with Gasteiger partial charge in [-0.15, -0.1) is 0 Å². The van der Waals surface area contributed by atoms with Crippen LogP contribution in [0.2, 0.25) is 10.0 Å². The monoisotopic (exact) mass is 490 g/mol. The zero-order valence-electron chi connectivity index (χ0n) is 18.7. The van der Waals surface area contributed by atoms with Crippen LogP contribution in [0.5, 0.6) is 0 Å². The van der Waals surface area contributed by atoms with Crippen molar-refractivity contribution in [3.05, 3.63) is 106 Å². The molecule has 6 heteroatoms. The predicted molar refractivity (Wildman–Crippen MR) is 138 cm³/mol. The summed E-state index contributed by atoms with van der Waals surface area (Å²) in [6, 6.07) is 18.9. The molecule has 172 valence electrons. The Bertz CT molecular complexity index is 1260. The molecular formula is C28H24Cl2N2O2. The molecule has 2 aromatic carbocycles. The van der Waals surface area contributed by atoms with Gasteiger partial charge in [0.05, 0.1) is 18.0 Å². The van der Waals surface area contributed by atoms with Gasteiger partial charge in [-0.25, -0.2) is 5.01 Å². The molecule has 0 bridgehead atoms. The fraction of sp³-hybridized carbons (Fsp3) is 0.214. The lowest BCUT2D eigenvalue weighted by Crippen LogP contribution is -2.32. The van der Waals surface area contributed by atoms with E-state index in [2.05, 4.69) is 13.0 Å². The van der Waals surface area contributed by atoms with Crippen molar-refractivity contribution in [2.45, 2.75) is 25.8 Å². The first kappa shape index (κ1) is 22.7. The summed E-state index contributed by atoms with van der Waals surface area (Å²) in [6.07, 6.45) is 8.82. The van der Waals surface area contributed by atoms with Crippen molar-refractivity contribution in [1.82, 2.24) is 5.01 Å². The predicted octanol–water partition coefficient (Wildman–Crippen LogP) is 7.67. The minimum absolute atomic E-state index is 0.101. The normalized spacial score (nSPS) is 23.4. The second-order valence-electron chi connectivity index (χ2n) is 8.89. The summed E-state index contributed by atoms with van der Waals surface area (Å²) in [5.41, 5.74) is 4.23. The van der Waals surface area contributed by atoms with Gasteiger partial charge in [0.15, 0.2) is 0 Å². The Balaban J connectivity index is 1.54. The molecule has 2 aliphatic rings. The number of nitrogens with zero attached hydrogens (tertiary/aromatic N) is 2. The number of carbonyl (C=O) groups excluding carboxylic acids is 1. The molecule has 1 fully saturated rings. The molecule has 0 N–H and O–H groups in total. The van der Waals surface area contributed by atoms with E-state index in [1.807, 2.05) is 54.6 Å². The second kappa shape index (κ2) is 9.65. The van der Waals surface area contributed by atoms with Gasteiger partial charge in [-0.3, -0.25) is 4.79 Å². The van der Waals surface area contributed by atoms with E-state index in [0.29, 0.717) is 21.7 Å². The Morgan fingerprint density at radius 1 is 1.06 bits per heavy atom. The molecule has 2 heterocycles. The summed E-state index contributed by atoms with van der Waals surface area (Å²) in [7, 11) is 0. The summed E-state index contributed by atoms with van der Waals surface area (Å²) in [5.74, 6) is 1.00. The van der Waals surface area contributed by atoms with Crippen molar-refractivity contribution in [3.8, 4) is 0 Å². The van der Waals surface area contributed by atoms with Crippen LogP contribution < -0.4 is 0 Å². The Morgan fingerprint density at radius 2 is 1.76 bits per heavy atom. The topological polar surface area (TPSA) is 45.8 Å². The van der Waals surface area contributed by atoms with Crippen LogP contribution in [-0.2, 0) is 4.79 Å². The highest BCUT2D eigenvalue weighted by atomic mass is 35.5. The van der Waals surface area contributed by atoms with Gasteiger partial charge in [-0.2, -0.15) is 5.10 Å². The molecule has 34 heavy (non-hydrogen) atoms. The molecule has 1 aliphatic heterocycles. The van der Waals surface area contributed by atoms with Crippen LogP contribution in [0, 0.1) is 11.8 Å². The van der Waals surface area contributed by atoms with E-state index in [4.69, 9.17) is 32.7 Å². The van der Waals surface area contributed by atoms with Crippen molar-refractivity contribution in [1.29, 1.82) is 0 Å². The Morgan fingerprint density at radius 3 is 2.44 bits per heavy atom. The van der Waals surface area contributed by atoms with Gasteiger partial charge in [0.1, 0.15) is 5.76 Å². The van der Waals surface area contributed by atoms with Gasteiger partial charge < -0.3 is 4.42 Å². The minimum atomic E-state index is -0.197. The molecule has 4 nitrogen and oxygen atoms in total. The van der Waals surface area contributed by atoms with Gasteiger partial charge in [0, 0.05) is 22.0 Å². The molecule has 0 saturated heterocycles. The van der Waals surface area contributed by atoms with E-state index in [-0.39, 0.29) is 17.9 Å². The van der Waals surface area contributed by atoms with Gasteiger partial charge in [-0.1, -0.05) is 54.4 Å². The fourth-order valence-corrected chi connectivity index (χ4v) is 5.09. The lowest BCUT2D eigenvalue weighted by molar-refractivity contribution is -0.128. The number of hydrogen-bond acceptors (Lipinski definition) is 3. The first-order valence-corrected chi connectivity index (χ1v) is 12.1. The molecule has 1 saturated carbocycles. The van der Waals surface area contributed by atoms with Gasteiger partial charge >= 0.3 is 0 Å². The van der Waals surface area contributed by atoms with Crippen molar-refractivity contribution < 1.29 is 9.21 Å². The summed E-state index contributed by atoms with van der Waals surface area (Å²) < 4.78 is 5.35. The SMILES string of the molecule is C[C@@H]1C/C(=C\c2ccc(Cl)cc2)C2=NN(C(=O)/C=C/c3ccco3)[C@H](c3ccc(Cl)cc3)[C@@H]2C1. The van der Waals surface area contributed by atoms with Crippen LogP contribution in [-0.4, -0.2) is 16.6 Å². The number of allylic oxidation sites excluding steroid dienone is 1. The molecule has 0 spiro atoms. The maximum Gasteiger partial charge on any atom is 0.267 e. The Labute approximate surface area is 209 Å². The highest BCUT2D eigenvalue weighted by Gasteiger charge is 2.44. The van der Waals surface area contributed by atoms with Gasteiger partial charge in [-0.05, 0) is 84.0 Å². The van der Waals surface area contributed by atoms with Crippen LogP contribution in [0.15, 0.2) is 88.1 Å². The van der Waals surface area contributed by atoms with Crippen LogP contribution in [0.3, 0.4) is 0 Å². The number of furan rings is 1. The summed E-state index contributed by atoms with van der Waals surface area (Å²) in [6.45, 7) is 2.26. The zero-order chi connectivity index (χ0) is 23.7. The summed E-state index contributed by atoms with van der Waals surface area (Å²) >= 11 is 12.2. The molecule has 0 radical (unpaired) electrons. The van der Waals surface area contributed by atoms with Crippen molar-refractivity contribution in [2.75, 3.05) is 0 Å². The Kier molecular flexibility index (Phi) is 6.44. The van der Waals surface area contributed by atoms with E-state index in [1.54, 1.807) is 23.4 Å². The van der Waals surface area contributed by atoms with Gasteiger partial charge in [0.2, 0.25) is 0 Å². The second-order valence-corrected chi connectivity index (χ2v) is 9.76. The summed E-state index contributed by atoms with van der Waals surface area (Å²) in [5, 5.41) is 7.90. The number of rotatable bonds is 4. The Hall–Kier alpha value is -3.08. The van der Waals surface area contributed by atoms with E-state index < -0.39 is 0 Å². The highest BCUT2D eigenvalue weighted by Crippen LogP contribution is 2.46. The molecule has 3 aromatic rings. The van der Waals surface area contributed by atoms with Crippen molar-refractivity contribution >= 4 is 47.0 Å². The highest BCUT2D eigenvalue weighted by molar-refractivity contribution is 6.30. The van der Waals surface area contributed by atoms with Gasteiger partial charge in [0.25, 0.3) is 5.91 Å². The molecule has 0 unspecified atom stereocenters. The number of halogens is 2. The van der Waals surface area contributed by atoms with Crippen molar-refractivity contribution in [2.24, 2.45) is 16.9 Å². The van der Waals surface area contributed by atoms with E-state index >= 15 is 0 Å². The molecule has 5 rings (SSSR count). The van der Waals surface area contributed by atoms with Crippen LogP contribution in [0.25, 0.3) is 12.2 Å². The zero-order valence-corrected chi connectivity index (χ0v) is 20.2. The fourth-order valence-electron chi connectivity index (χ4n) is 4.84. The molecule has 1 aromatic heterocycles. The van der Waals surface area contributed by atoms with E-state index in [9.17, 15) is 4.79 Å². The molecular weight excluding hydrogens is 467 g/mol. The summed E-state index contributed by atoms with van der Waals surface area (Å²) in [4.78, 5) is 13.3. The number of hydrazone groups is 1. The van der Waals surface area contributed by atoms with Crippen LogP contribution in [0.4, 0.5) is 0 Å². The minimum Gasteiger partial charge on any atom is -0.465 e. The van der Waals surface area contributed by atoms with Crippen molar-refractivity contribution in [3.63, 3.8) is 0 Å². The smallest absolute Gasteiger partial charge is 0.267 e. The number of carbonyl (C=O) groups is 1. The van der Waals surface area contributed by atoms with Crippen LogP contribution in [0.1, 0.15) is 42.7 Å². The largest absolute Gasteiger partial charge is 0.465 e. The molecule has 1 aliphatic carbocycles. The molecule has 3 atom stereocenters. The third-order valence-corrected chi connectivity index (χ3v) is 6.85.